The summed E-state index contributed by atoms with van der Waals surface area (Å²) in [5.41, 5.74) is 6.46. The van der Waals surface area contributed by atoms with Crippen molar-refractivity contribution in [3.8, 4) is 0 Å². The normalized spacial score (nSPS) is 21.9. The fourth-order valence-corrected chi connectivity index (χ4v) is 2.72. The van der Waals surface area contributed by atoms with Crippen LogP contribution in [0.25, 0.3) is 0 Å². The molecule has 3 nitrogen and oxygen atoms in total. The first-order valence-corrected chi connectivity index (χ1v) is 6.82. The molecule has 0 bridgehead atoms. The molecule has 0 heterocycles. The van der Waals surface area contributed by atoms with E-state index < -0.39 is 0 Å². The second kappa shape index (κ2) is 7.60. The van der Waals surface area contributed by atoms with Crippen LogP contribution in [0.2, 0.25) is 0 Å². The molecule has 1 amide bonds. The number of amides is 1. The van der Waals surface area contributed by atoms with E-state index in [0.717, 1.165) is 25.7 Å². The number of nitrogens with zero attached hydrogens (tertiary/aromatic N) is 1. The standard InChI is InChI=1S/C15H21FN2O.ClH/c1-18(10-12-5-2-3-8-14(12)16)15(19)11-6-4-7-13(17)9-11;/h2-3,5,8,11,13H,4,6-7,9-10,17H2,1H3;1H. The van der Waals surface area contributed by atoms with Gasteiger partial charge >= 0.3 is 0 Å². The summed E-state index contributed by atoms with van der Waals surface area (Å²) in [4.78, 5) is 13.9. The molecule has 2 atom stereocenters. The van der Waals surface area contributed by atoms with E-state index >= 15 is 0 Å². The van der Waals surface area contributed by atoms with E-state index in [4.69, 9.17) is 5.73 Å². The number of carbonyl (C=O) groups is 1. The SMILES string of the molecule is CN(Cc1ccccc1F)C(=O)C1CCCC(N)C1.Cl. The van der Waals surface area contributed by atoms with Crippen LogP contribution in [0.15, 0.2) is 24.3 Å². The van der Waals surface area contributed by atoms with Gasteiger partial charge < -0.3 is 10.6 Å². The van der Waals surface area contributed by atoms with Gasteiger partial charge in [-0.1, -0.05) is 24.6 Å². The van der Waals surface area contributed by atoms with Crippen LogP contribution in [0.3, 0.4) is 0 Å². The van der Waals surface area contributed by atoms with Crippen LogP contribution in [0.5, 0.6) is 0 Å². The van der Waals surface area contributed by atoms with Crippen molar-refractivity contribution in [3.05, 3.63) is 35.6 Å². The van der Waals surface area contributed by atoms with E-state index in [2.05, 4.69) is 0 Å². The number of rotatable bonds is 3. The van der Waals surface area contributed by atoms with Crippen molar-refractivity contribution >= 4 is 18.3 Å². The Labute approximate surface area is 125 Å². The van der Waals surface area contributed by atoms with Crippen LogP contribution in [-0.2, 0) is 11.3 Å². The molecule has 0 aromatic heterocycles. The van der Waals surface area contributed by atoms with Gasteiger partial charge in [0.25, 0.3) is 0 Å². The molecule has 1 aliphatic rings. The Hall–Kier alpha value is -1.13. The Morgan fingerprint density at radius 1 is 1.40 bits per heavy atom. The van der Waals surface area contributed by atoms with E-state index in [1.54, 1.807) is 30.1 Å². The first kappa shape index (κ1) is 16.9. The van der Waals surface area contributed by atoms with Gasteiger partial charge in [-0.25, -0.2) is 4.39 Å². The summed E-state index contributed by atoms with van der Waals surface area (Å²) < 4.78 is 13.6. The molecular weight excluding hydrogens is 279 g/mol. The molecule has 0 spiro atoms. The number of nitrogens with two attached hydrogens (primary N) is 1. The largest absolute Gasteiger partial charge is 0.341 e. The van der Waals surface area contributed by atoms with Crippen LogP contribution in [-0.4, -0.2) is 23.9 Å². The predicted molar refractivity (Wildman–Crippen MR) is 80.1 cm³/mol. The Balaban J connectivity index is 0.00000200. The molecule has 1 aromatic carbocycles. The van der Waals surface area contributed by atoms with Gasteiger partial charge in [0.1, 0.15) is 5.82 Å². The van der Waals surface area contributed by atoms with Gasteiger partial charge in [-0.15, -0.1) is 12.4 Å². The average molecular weight is 301 g/mol. The lowest BCUT2D eigenvalue weighted by Crippen LogP contribution is -2.38. The summed E-state index contributed by atoms with van der Waals surface area (Å²) in [5.74, 6) is -0.179. The van der Waals surface area contributed by atoms with Crippen molar-refractivity contribution in [1.29, 1.82) is 0 Å². The predicted octanol–water partition coefficient (Wildman–Crippen LogP) is 2.72. The number of hydrogen-bond acceptors (Lipinski definition) is 2. The molecule has 0 radical (unpaired) electrons. The fraction of sp³-hybridized carbons (Fsp3) is 0.533. The zero-order valence-electron chi connectivity index (χ0n) is 11.7. The summed E-state index contributed by atoms with van der Waals surface area (Å²) in [6.07, 6.45) is 3.65. The van der Waals surface area contributed by atoms with Gasteiger partial charge in [0.2, 0.25) is 5.91 Å². The number of carbonyl (C=O) groups excluding carboxylic acids is 1. The maximum atomic E-state index is 13.6. The lowest BCUT2D eigenvalue weighted by Gasteiger charge is -2.29. The lowest BCUT2D eigenvalue weighted by atomic mass is 9.85. The van der Waals surface area contributed by atoms with E-state index in [1.807, 2.05) is 0 Å². The summed E-state index contributed by atoms with van der Waals surface area (Å²) in [6, 6.07) is 6.70. The minimum absolute atomic E-state index is 0. The molecule has 1 aromatic rings. The zero-order chi connectivity index (χ0) is 13.8. The number of benzene rings is 1. The monoisotopic (exact) mass is 300 g/mol. The maximum absolute atomic E-state index is 13.6. The molecule has 1 fully saturated rings. The van der Waals surface area contributed by atoms with Crippen LogP contribution in [0, 0.1) is 11.7 Å². The van der Waals surface area contributed by atoms with Gasteiger partial charge in [0, 0.05) is 31.1 Å². The first-order valence-electron chi connectivity index (χ1n) is 6.82. The Kier molecular flexibility index (Phi) is 6.43. The highest BCUT2D eigenvalue weighted by Gasteiger charge is 2.27. The molecule has 5 heteroatoms. The van der Waals surface area contributed by atoms with Gasteiger partial charge in [-0.2, -0.15) is 0 Å². The van der Waals surface area contributed by atoms with Crippen molar-refractivity contribution in [2.45, 2.75) is 38.3 Å². The van der Waals surface area contributed by atoms with E-state index in [9.17, 15) is 9.18 Å². The third-order valence-corrected chi connectivity index (χ3v) is 3.81. The fourth-order valence-electron chi connectivity index (χ4n) is 2.72. The first-order chi connectivity index (χ1) is 9.08. The molecular formula is C15H22ClFN2O. The van der Waals surface area contributed by atoms with Crippen LogP contribution in [0.1, 0.15) is 31.2 Å². The molecule has 2 N–H and O–H groups in total. The zero-order valence-corrected chi connectivity index (χ0v) is 12.5. The van der Waals surface area contributed by atoms with Gasteiger partial charge in [-0.3, -0.25) is 4.79 Å². The quantitative estimate of drug-likeness (QED) is 0.933. The minimum atomic E-state index is -0.262. The molecule has 2 rings (SSSR count). The highest BCUT2D eigenvalue weighted by atomic mass is 35.5. The molecule has 20 heavy (non-hydrogen) atoms. The van der Waals surface area contributed by atoms with E-state index in [-0.39, 0.29) is 36.1 Å². The smallest absolute Gasteiger partial charge is 0.225 e. The second-order valence-electron chi connectivity index (χ2n) is 5.41. The molecule has 1 saturated carbocycles. The van der Waals surface area contributed by atoms with Crippen LogP contribution < -0.4 is 5.73 Å². The second-order valence-corrected chi connectivity index (χ2v) is 5.41. The minimum Gasteiger partial charge on any atom is -0.341 e. The van der Waals surface area contributed by atoms with E-state index in [0.29, 0.717) is 12.1 Å². The van der Waals surface area contributed by atoms with Crippen LogP contribution in [0.4, 0.5) is 4.39 Å². The van der Waals surface area contributed by atoms with Gasteiger partial charge in [0.05, 0.1) is 0 Å². The summed E-state index contributed by atoms with van der Waals surface area (Å²) >= 11 is 0. The number of hydrogen-bond donors (Lipinski definition) is 1. The van der Waals surface area contributed by atoms with Gasteiger partial charge in [-0.05, 0) is 25.3 Å². The Bertz CT molecular complexity index is 455. The molecule has 0 saturated heterocycles. The third kappa shape index (κ3) is 4.18. The van der Waals surface area contributed by atoms with E-state index in [1.165, 1.54) is 6.07 Å². The van der Waals surface area contributed by atoms with Crippen molar-refractivity contribution in [2.75, 3.05) is 7.05 Å². The summed E-state index contributed by atoms with van der Waals surface area (Å²) in [7, 11) is 1.73. The van der Waals surface area contributed by atoms with Crippen LogP contribution >= 0.6 is 12.4 Å². The lowest BCUT2D eigenvalue weighted by molar-refractivity contribution is -0.135. The molecule has 0 aliphatic heterocycles. The van der Waals surface area contributed by atoms with Crippen molar-refractivity contribution in [2.24, 2.45) is 11.7 Å². The van der Waals surface area contributed by atoms with Crippen molar-refractivity contribution in [1.82, 2.24) is 4.90 Å². The summed E-state index contributed by atoms with van der Waals surface area (Å²) in [5, 5.41) is 0. The Morgan fingerprint density at radius 2 is 2.10 bits per heavy atom. The maximum Gasteiger partial charge on any atom is 0.225 e. The topological polar surface area (TPSA) is 46.3 Å². The van der Waals surface area contributed by atoms with Crippen molar-refractivity contribution < 1.29 is 9.18 Å². The highest BCUT2D eigenvalue weighted by molar-refractivity contribution is 5.85. The van der Waals surface area contributed by atoms with Crippen molar-refractivity contribution in [3.63, 3.8) is 0 Å². The Morgan fingerprint density at radius 3 is 2.75 bits per heavy atom. The molecule has 1 aliphatic carbocycles. The average Bonchev–Trinajstić information content (AvgIpc) is 2.40. The third-order valence-electron chi connectivity index (χ3n) is 3.81. The van der Waals surface area contributed by atoms with Gasteiger partial charge in [0.15, 0.2) is 0 Å². The highest BCUT2D eigenvalue weighted by Crippen LogP contribution is 2.25. The summed E-state index contributed by atoms with van der Waals surface area (Å²) in [6.45, 7) is 0.317. The molecule has 112 valence electrons. The number of halogens is 2. The molecule has 2 unspecified atom stereocenters.